The SMILES string of the molecule is C=Cc1c(C)cccc1[CH]O. The van der Waals surface area contributed by atoms with Gasteiger partial charge in [0.2, 0.25) is 0 Å². The van der Waals surface area contributed by atoms with E-state index in [2.05, 4.69) is 6.58 Å². The highest BCUT2D eigenvalue weighted by Gasteiger charge is 1.99. The van der Waals surface area contributed by atoms with E-state index in [1.165, 1.54) is 0 Å². The van der Waals surface area contributed by atoms with E-state index in [9.17, 15) is 0 Å². The zero-order valence-electron chi connectivity index (χ0n) is 6.54. The Morgan fingerprint density at radius 2 is 2.18 bits per heavy atom. The Bertz CT molecular complexity index is 264. The molecule has 57 valence electrons. The van der Waals surface area contributed by atoms with Gasteiger partial charge < -0.3 is 5.11 Å². The van der Waals surface area contributed by atoms with Gasteiger partial charge in [-0.2, -0.15) is 0 Å². The molecular weight excluding hydrogens is 136 g/mol. The van der Waals surface area contributed by atoms with Crippen LogP contribution >= 0.6 is 0 Å². The van der Waals surface area contributed by atoms with Gasteiger partial charge in [0.05, 0.1) is 0 Å². The Hall–Kier alpha value is -1.08. The molecule has 0 atom stereocenters. The number of aliphatic hydroxyl groups is 1. The van der Waals surface area contributed by atoms with Gasteiger partial charge in [0.25, 0.3) is 0 Å². The maximum absolute atomic E-state index is 8.80. The average Bonchev–Trinajstić information content (AvgIpc) is 2.04. The van der Waals surface area contributed by atoms with Gasteiger partial charge in [-0.15, -0.1) is 0 Å². The molecular formula is C10H11O. The van der Waals surface area contributed by atoms with Crippen molar-refractivity contribution >= 4 is 6.08 Å². The second kappa shape index (κ2) is 3.35. The summed E-state index contributed by atoms with van der Waals surface area (Å²) in [7, 11) is 0. The molecule has 0 saturated heterocycles. The fraction of sp³-hybridized carbons (Fsp3) is 0.100. The van der Waals surface area contributed by atoms with Crippen LogP contribution in [0.5, 0.6) is 0 Å². The fourth-order valence-corrected chi connectivity index (χ4v) is 1.09. The lowest BCUT2D eigenvalue weighted by atomic mass is 10.0. The van der Waals surface area contributed by atoms with Gasteiger partial charge in [0, 0.05) is 0 Å². The summed E-state index contributed by atoms with van der Waals surface area (Å²) in [5.41, 5.74) is 2.94. The highest BCUT2D eigenvalue weighted by Crippen LogP contribution is 2.15. The predicted octanol–water partition coefficient (Wildman–Crippen LogP) is 2.52. The van der Waals surface area contributed by atoms with Crippen LogP contribution in [0.4, 0.5) is 0 Å². The maximum atomic E-state index is 8.80. The lowest BCUT2D eigenvalue weighted by Crippen LogP contribution is -1.88. The molecule has 0 aliphatic heterocycles. The predicted molar refractivity (Wildman–Crippen MR) is 46.6 cm³/mol. The normalized spacial score (nSPS) is 9.64. The minimum Gasteiger partial charge on any atom is -0.385 e. The standard InChI is InChI=1S/C10H11O/c1-3-10-8(2)5-4-6-9(10)7-11/h3-7,11H,1H2,2H3. The molecule has 0 amide bonds. The lowest BCUT2D eigenvalue weighted by Gasteiger charge is -2.04. The van der Waals surface area contributed by atoms with E-state index in [4.69, 9.17) is 5.11 Å². The van der Waals surface area contributed by atoms with Crippen molar-refractivity contribution in [3.05, 3.63) is 48.1 Å². The second-order valence-corrected chi connectivity index (χ2v) is 2.41. The quantitative estimate of drug-likeness (QED) is 0.681. The molecule has 11 heavy (non-hydrogen) atoms. The smallest absolute Gasteiger partial charge is 0.110 e. The number of aliphatic hydroxyl groups excluding tert-OH is 1. The molecule has 0 aliphatic carbocycles. The second-order valence-electron chi connectivity index (χ2n) is 2.41. The van der Waals surface area contributed by atoms with E-state index in [-0.39, 0.29) is 0 Å². The largest absolute Gasteiger partial charge is 0.385 e. The van der Waals surface area contributed by atoms with E-state index in [1.807, 2.05) is 25.1 Å². The average molecular weight is 147 g/mol. The number of benzene rings is 1. The van der Waals surface area contributed by atoms with Crippen LogP contribution in [0.2, 0.25) is 0 Å². The molecule has 0 saturated carbocycles. The summed E-state index contributed by atoms with van der Waals surface area (Å²) in [5.74, 6) is 0. The first-order valence-electron chi connectivity index (χ1n) is 3.49. The van der Waals surface area contributed by atoms with E-state index in [0.29, 0.717) is 0 Å². The van der Waals surface area contributed by atoms with Gasteiger partial charge >= 0.3 is 0 Å². The Kier molecular flexibility index (Phi) is 2.44. The van der Waals surface area contributed by atoms with Gasteiger partial charge in [-0.3, -0.25) is 0 Å². The van der Waals surface area contributed by atoms with Crippen molar-refractivity contribution in [1.82, 2.24) is 0 Å². The molecule has 0 fully saturated rings. The molecule has 0 heterocycles. The molecule has 1 heteroatoms. The number of hydrogen-bond donors (Lipinski definition) is 1. The minimum absolute atomic E-state index is 0.819. The maximum Gasteiger partial charge on any atom is 0.110 e. The van der Waals surface area contributed by atoms with Crippen LogP contribution in [0.1, 0.15) is 16.7 Å². The van der Waals surface area contributed by atoms with Crippen molar-refractivity contribution in [2.24, 2.45) is 0 Å². The van der Waals surface area contributed by atoms with E-state index in [1.54, 1.807) is 6.08 Å². The van der Waals surface area contributed by atoms with Crippen LogP contribution in [0.3, 0.4) is 0 Å². The van der Waals surface area contributed by atoms with Crippen LogP contribution in [-0.4, -0.2) is 5.11 Å². The van der Waals surface area contributed by atoms with Crippen molar-refractivity contribution in [2.75, 3.05) is 0 Å². The Labute approximate surface area is 67.0 Å². The molecule has 0 aliphatic rings. The Morgan fingerprint density at radius 3 is 2.64 bits per heavy atom. The van der Waals surface area contributed by atoms with Crippen molar-refractivity contribution < 1.29 is 5.11 Å². The highest BCUT2D eigenvalue weighted by atomic mass is 16.3. The molecule has 1 N–H and O–H groups in total. The number of aryl methyl sites for hydroxylation is 1. The third kappa shape index (κ3) is 1.49. The molecule has 1 radical (unpaired) electrons. The monoisotopic (exact) mass is 147 g/mol. The highest BCUT2D eigenvalue weighted by molar-refractivity contribution is 5.57. The molecule has 1 nitrogen and oxygen atoms in total. The van der Waals surface area contributed by atoms with Crippen LogP contribution in [0.25, 0.3) is 6.08 Å². The van der Waals surface area contributed by atoms with E-state index in [0.717, 1.165) is 23.3 Å². The first kappa shape index (κ1) is 8.02. The topological polar surface area (TPSA) is 20.2 Å². The van der Waals surface area contributed by atoms with Gasteiger partial charge in [-0.05, 0) is 23.6 Å². The summed E-state index contributed by atoms with van der Waals surface area (Å²) in [6.07, 6.45) is 1.75. The van der Waals surface area contributed by atoms with Crippen molar-refractivity contribution in [1.29, 1.82) is 0 Å². The van der Waals surface area contributed by atoms with Gasteiger partial charge in [-0.1, -0.05) is 30.9 Å². The Balaban J connectivity index is 3.24. The lowest BCUT2D eigenvalue weighted by molar-refractivity contribution is 0.414. The minimum atomic E-state index is 0.819. The summed E-state index contributed by atoms with van der Waals surface area (Å²) < 4.78 is 0. The molecule has 0 bridgehead atoms. The van der Waals surface area contributed by atoms with Gasteiger partial charge in [0.15, 0.2) is 0 Å². The first-order valence-corrected chi connectivity index (χ1v) is 3.49. The summed E-state index contributed by atoms with van der Waals surface area (Å²) in [6.45, 7) is 6.76. The van der Waals surface area contributed by atoms with Crippen LogP contribution in [0.15, 0.2) is 24.8 Å². The van der Waals surface area contributed by atoms with Crippen LogP contribution in [0, 0.1) is 13.5 Å². The molecule has 1 aromatic rings. The number of hydrogen-bond acceptors (Lipinski definition) is 1. The Morgan fingerprint density at radius 1 is 1.45 bits per heavy atom. The first-order chi connectivity index (χ1) is 5.29. The van der Waals surface area contributed by atoms with Crippen molar-refractivity contribution in [2.45, 2.75) is 6.92 Å². The molecule has 0 unspecified atom stereocenters. The summed E-state index contributed by atoms with van der Waals surface area (Å²) in [4.78, 5) is 0. The summed E-state index contributed by atoms with van der Waals surface area (Å²) >= 11 is 0. The summed E-state index contributed by atoms with van der Waals surface area (Å²) in [6, 6.07) is 5.75. The summed E-state index contributed by atoms with van der Waals surface area (Å²) in [5, 5.41) is 8.80. The zero-order chi connectivity index (χ0) is 8.27. The van der Waals surface area contributed by atoms with E-state index >= 15 is 0 Å². The molecule has 1 rings (SSSR count). The van der Waals surface area contributed by atoms with Gasteiger partial charge in [-0.25, -0.2) is 0 Å². The van der Waals surface area contributed by atoms with Crippen LogP contribution in [-0.2, 0) is 0 Å². The van der Waals surface area contributed by atoms with Crippen LogP contribution < -0.4 is 0 Å². The third-order valence-electron chi connectivity index (χ3n) is 1.70. The van der Waals surface area contributed by atoms with E-state index < -0.39 is 0 Å². The third-order valence-corrected chi connectivity index (χ3v) is 1.70. The van der Waals surface area contributed by atoms with Crippen molar-refractivity contribution in [3.63, 3.8) is 0 Å². The molecule has 1 aromatic carbocycles. The van der Waals surface area contributed by atoms with Gasteiger partial charge in [0.1, 0.15) is 6.61 Å². The number of rotatable bonds is 2. The zero-order valence-corrected chi connectivity index (χ0v) is 6.54. The molecule has 0 spiro atoms. The fourth-order valence-electron chi connectivity index (χ4n) is 1.09. The van der Waals surface area contributed by atoms with Crippen molar-refractivity contribution in [3.8, 4) is 0 Å². The molecule has 0 aromatic heterocycles.